The Kier molecular flexibility index (Phi) is 7.70. The fourth-order valence-corrected chi connectivity index (χ4v) is 5.96. The summed E-state index contributed by atoms with van der Waals surface area (Å²) in [6.45, 7) is 3.35. The molecule has 12 nitrogen and oxygen atoms in total. The van der Waals surface area contributed by atoms with Gasteiger partial charge in [0.1, 0.15) is 30.0 Å². The summed E-state index contributed by atoms with van der Waals surface area (Å²) in [5.74, 6) is -1.66. The first-order chi connectivity index (χ1) is 20.6. The lowest BCUT2D eigenvalue weighted by atomic mass is 10.2. The molecule has 2 aromatic heterocycles. The van der Waals surface area contributed by atoms with E-state index >= 15 is 0 Å². The van der Waals surface area contributed by atoms with Crippen LogP contribution < -0.4 is 19.9 Å². The first kappa shape index (κ1) is 28.9. The monoisotopic (exact) mass is 612 g/mol. The number of benzene rings is 2. The van der Waals surface area contributed by atoms with Crippen LogP contribution in [0.4, 0.5) is 14.5 Å². The van der Waals surface area contributed by atoms with Crippen LogP contribution in [0.2, 0.25) is 0 Å². The highest BCUT2D eigenvalue weighted by molar-refractivity contribution is 7.87. The Balaban J connectivity index is 1.15. The highest BCUT2D eigenvalue weighted by Crippen LogP contribution is 2.45. The molecular formula is C28H30F2N8O4S. The van der Waals surface area contributed by atoms with Crippen LogP contribution in [-0.4, -0.2) is 70.1 Å². The average Bonchev–Trinajstić information content (AvgIpc) is 3.47. The van der Waals surface area contributed by atoms with E-state index in [9.17, 15) is 22.0 Å². The maximum Gasteiger partial charge on any atom is 0.316 e. The summed E-state index contributed by atoms with van der Waals surface area (Å²) < 4.78 is 66.5. The average molecular weight is 613 g/mol. The molecule has 2 fully saturated rings. The van der Waals surface area contributed by atoms with Crippen LogP contribution in [0, 0.1) is 17.0 Å². The fourth-order valence-electron chi connectivity index (χ4n) is 4.78. The third-order valence-electron chi connectivity index (χ3n) is 7.67. The van der Waals surface area contributed by atoms with Crippen LogP contribution in [0.5, 0.6) is 5.75 Å². The van der Waals surface area contributed by atoms with Crippen molar-refractivity contribution in [2.24, 2.45) is 5.41 Å². The quantitative estimate of drug-likeness (QED) is 0.289. The maximum absolute atomic E-state index is 13.9. The van der Waals surface area contributed by atoms with E-state index in [0.717, 1.165) is 40.9 Å². The molecule has 15 heteroatoms. The van der Waals surface area contributed by atoms with Crippen molar-refractivity contribution >= 4 is 15.9 Å². The van der Waals surface area contributed by atoms with Gasteiger partial charge in [0.05, 0.1) is 24.2 Å². The predicted octanol–water partition coefficient (Wildman–Crippen LogP) is 2.43. The smallest absolute Gasteiger partial charge is 0.316 e. The van der Waals surface area contributed by atoms with Gasteiger partial charge in [0.2, 0.25) is 5.75 Å². The molecule has 0 unspecified atom stereocenters. The van der Waals surface area contributed by atoms with Gasteiger partial charge in [0.25, 0.3) is 10.2 Å². The molecule has 226 valence electrons. The van der Waals surface area contributed by atoms with E-state index in [1.807, 2.05) is 29.2 Å². The van der Waals surface area contributed by atoms with Crippen molar-refractivity contribution in [3.63, 3.8) is 0 Å². The van der Waals surface area contributed by atoms with Crippen molar-refractivity contribution in [3.05, 3.63) is 88.9 Å². The van der Waals surface area contributed by atoms with Crippen LogP contribution in [0.1, 0.15) is 25.3 Å². The molecule has 6 rings (SSSR count). The van der Waals surface area contributed by atoms with Gasteiger partial charge in [0, 0.05) is 44.2 Å². The van der Waals surface area contributed by atoms with E-state index in [1.54, 1.807) is 11.0 Å². The molecule has 2 aliphatic rings. The minimum absolute atomic E-state index is 0.0107. The van der Waals surface area contributed by atoms with Crippen LogP contribution in [0.3, 0.4) is 0 Å². The molecule has 1 saturated heterocycles. The van der Waals surface area contributed by atoms with E-state index in [4.69, 9.17) is 4.74 Å². The number of ether oxygens (including phenoxy) is 1. The maximum atomic E-state index is 13.9. The number of piperazine rings is 1. The molecule has 0 spiro atoms. The molecule has 1 saturated carbocycles. The highest BCUT2D eigenvalue weighted by Gasteiger charge is 2.39. The minimum atomic E-state index is -3.79. The molecule has 0 amide bonds. The van der Waals surface area contributed by atoms with Gasteiger partial charge in [-0.2, -0.15) is 32.3 Å². The highest BCUT2D eigenvalue weighted by atomic mass is 32.2. The second-order valence-electron chi connectivity index (χ2n) is 11.0. The Hall–Kier alpha value is -4.21. The fraction of sp³-hybridized carbons (Fsp3) is 0.357. The van der Waals surface area contributed by atoms with Crippen molar-refractivity contribution in [2.45, 2.75) is 26.3 Å². The first-order valence-electron chi connectivity index (χ1n) is 13.8. The second-order valence-corrected chi connectivity index (χ2v) is 12.8. The Morgan fingerprint density at radius 3 is 2.30 bits per heavy atom. The summed E-state index contributed by atoms with van der Waals surface area (Å²) in [7, 11) is -3.79. The van der Waals surface area contributed by atoms with Gasteiger partial charge in [-0.15, -0.1) is 0 Å². The van der Waals surface area contributed by atoms with Crippen LogP contribution >= 0.6 is 0 Å². The van der Waals surface area contributed by atoms with E-state index in [0.29, 0.717) is 18.4 Å². The zero-order valence-corrected chi connectivity index (χ0v) is 24.2. The molecule has 1 aliphatic heterocycles. The zero-order valence-electron chi connectivity index (χ0n) is 23.4. The molecule has 1 N–H and O–H groups in total. The minimum Gasteiger partial charge on any atom is -0.486 e. The Morgan fingerprint density at radius 2 is 1.67 bits per heavy atom. The molecule has 43 heavy (non-hydrogen) atoms. The summed E-state index contributed by atoms with van der Waals surface area (Å²) in [5.41, 5.74) is 1.23. The lowest BCUT2D eigenvalue weighted by molar-refractivity contribution is 0.242. The van der Waals surface area contributed by atoms with Crippen molar-refractivity contribution in [1.82, 2.24) is 33.6 Å². The topological polar surface area (TPSA) is 127 Å². The molecule has 0 atom stereocenters. The molecule has 1 aliphatic carbocycles. The Labute approximate surface area is 246 Å². The van der Waals surface area contributed by atoms with E-state index < -0.39 is 27.4 Å². The summed E-state index contributed by atoms with van der Waals surface area (Å²) in [6.07, 6.45) is 6.36. The third-order valence-corrected chi connectivity index (χ3v) is 9.23. The van der Waals surface area contributed by atoms with E-state index in [1.165, 1.54) is 16.8 Å². The first-order valence-corrected chi connectivity index (χ1v) is 15.2. The molecular weight excluding hydrogens is 582 g/mol. The van der Waals surface area contributed by atoms with Crippen LogP contribution in [-0.2, 0) is 16.8 Å². The molecule has 0 radical (unpaired) electrons. The van der Waals surface area contributed by atoms with Gasteiger partial charge < -0.3 is 9.64 Å². The summed E-state index contributed by atoms with van der Waals surface area (Å²) in [6, 6.07) is 10.0. The summed E-state index contributed by atoms with van der Waals surface area (Å²) >= 11 is 0. The van der Waals surface area contributed by atoms with Crippen molar-refractivity contribution in [1.29, 1.82) is 0 Å². The number of nitrogens with zero attached hydrogens (tertiary/aromatic N) is 7. The van der Waals surface area contributed by atoms with Gasteiger partial charge in [-0.3, -0.25) is 4.79 Å². The number of halogens is 2. The van der Waals surface area contributed by atoms with Gasteiger partial charge in [-0.1, -0.05) is 19.1 Å². The molecule has 0 bridgehead atoms. The standard InChI is InChI=1S/C28H30F2N8O4S/c1-28(6-7-28)17-42-26-25(16-32-38(27(26)39)24-13-21(29)12-22(30)14-24)35-8-10-36(11-9-35)43(40,41)34-15-20-2-4-23(5-3-20)37-19-31-18-33-37/h2-5,12-14,16,18-19,34H,6-11,15,17H2,1H3. The normalized spacial score (nSPS) is 16.8. The molecule has 3 heterocycles. The lowest BCUT2D eigenvalue weighted by Gasteiger charge is -2.35. The summed E-state index contributed by atoms with van der Waals surface area (Å²) in [5, 5.41) is 8.25. The number of nitrogens with one attached hydrogen (secondary N) is 1. The van der Waals surface area contributed by atoms with E-state index in [2.05, 4.69) is 26.8 Å². The number of hydrogen-bond acceptors (Lipinski definition) is 8. The number of rotatable bonds is 10. The summed E-state index contributed by atoms with van der Waals surface area (Å²) in [4.78, 5) is 19.3. The van der Waals surface area contributed by atoms with Crippen molar-refractivity contribution in [2.75, 3.05) is 37.7 Å². The van der Waals surface area contributed by atoms with Gasteiger partial charge in [-0.05, 0) is 42.7 Å². The van der Waals surface area contributed by atoms with Crippen molar-refractivity contribution < 1.29 is 21.9 Å². The van der Waals surface area contributed by atoms with E-state index in [-0.39, 0.29) is 49.6 Å². The van der Waals surface area contributed by atoms with Gasteiger partial charge >= 0.3 is 5.56 Å². The third kappa shape index (κ3) is 6.43. The van der Waals surface area contributed by atoms with Crippen LogP contribution in [0.15, 0.2) is 66.1 Å². The number of hydrogen-bond donors (Lipinski definition) is 1. The van der Waals surface area contributed by atoms with Crippen LogP contribution in [0.25, 0.3) is 11.4 Å². The lowest BCUT2D eigenvalue weighted by Crippen LogP contribution is -2.52. The predicted molar refractivity (Wildman–Crippen MR) is 153 cm³/mol. The Morgan fingerprint density at radius 1 is 0.977 bits per heavy atom. The number of anilines is 1. The number of aromatic nitrogens is 5. The zero-order chi connectivity index (χ0) is 30.2. The Bertz CT molecular complexity index is 1750. The molecule has 4 aromatic rings. The van der Waals surface area contributed by atoms with Gasteiger partial charge in [0.15, 0.2) is 0 Å². The van der Waals surface area contributed by atoms with Gasteiger partial charge in [-0.25, -0.2) is 18.4 Å². The largest absolute Gasteiger partial charge is 0.486 e. The SMILES string of the molecule is CC1(COc2c(N3CCN(S(=O)(=O)NCc4ccc(-n5cncn5)cc4)CC3)cnn(-c3cc(F)cc(F)c3)c2=O)CC1. The molecule has 2 aromatic carbocycles. The van der Waals surface area contributed by atoms with Crippen molar-refractivity contribution in [3.8, 4) is 17.1 Å². The second kappa shape index (κ2) is 11.5.